The number of hydrogen-bond donors (Lipinski definition) is 3. The van der Waals surface area contributed by atoms with Gasteiger partial charge in [-0.05, 0) is 35.9 Å². The van der Waals surface area contributed by atoms with Crippen molar-refractivity contribution in [3.63, 3.8) is 0 Å². The number of nitrogens with zero attached hydrogens (tertiary/aromatic N) is 1. The molecule has 0 aliphatic heterocycles. The van der Waals surface area contributed by atoms with E-state index in [1.165, 1.54) is 48.7 Å². The zero-order chi connectivity index (χ0) is 18.2. The summed E-state index contributed by atoms with van der Waals surface area (Å²) in [5.74, 6) is -2.73. The molecule has 0 aliphatic carbocycles. The Labute approximate surface area is 142 Å². The Morgan fingerprint density at radius 3 is 2.44 bits per heavy atom. The van der Waals surface area contributed by atoms with Crippen LogP contribution < -0.4 is 10.7 Å². The van der Waals surface area contributed by atoms with Gasteiger partial charge >= 0.3 is 5.97 Å². The molecule has 0 saturated heterocycles. The lowest BCUT2D eigenvalue weighted by atomic mass is 10.1. The first kappa shape index (κ1) is 17.8. The Balaban J connectivity index is 1.80. The molecular formula is C17H14FN3O4. The highest BCUT2D eigenvalue weighted by atomic mass is 19.1. The maximum atomic E-state index is 13.0. The molecule has 2 aromatic carbocycles. The molecule has 0 radical (unpaired) electrons. The summed E-state index contributed by atoms with van der Waals surface area (Å²) in [5.41, 5.74) is 3.05. The molecule has 0 fully saturated rings. The van der Waals surface area contributed by atoms with Crippen molar-refractivity contribution in [2.75, 3.05) is 6.54 Å². The highest BCUT2D eigenvalue weighted by molar-refractivity contribution is 5.96. The third-order valence-electron chi connectivity index (χ3n) is 3.06. The predicted octanol–water partition coefficient (Wildman–Crippen LogP) is 1.40. The van der Waals surface area contributed by atoms with E-state index in [2.05, 4.69) is 15.8 Å². The molecule has 2 aromatic rings. The Bertz CT molecular complexity index is 819. The second-order valence-corrected chi connectivity index (χ2v) is 4.91. The van der Waals surface area contributed by atoms with E-state index in [1.807, 2.05) is 0 Å². The molecule has 7 nitrogen and oxygen atoms in total. The quantitative estimate of drug-likeness (QED) is 0.544. The van der Waals surface area contributed by atoms with Gasteiger partial charge in [-0.25, -0.2) is 14.6 Å². The molecule has 0 unspecified atom stereocenters. The number of carboxylic acids is 1. The molecule has 3 N–H and O–H groups in total. The molecule has 2 rings (SSSR count). The normalized spacial score (nSPS) is 10.4. The van der Waals surface area contributed by atoms with Crippen LogP contribution in [0.2, 0.25) is 0 Å². The average molecular weight is 343 g/mol. The number of rotatable bonds is 6. The van der Waals surface area contributed by atoms with Crippen molar-refractivity contribution >= 4 is 24.0 Å². The van der Waals surface area contributed by atoms with Gasteiger partial charge < -0.3 is 10.4 Å². The van der Waals surface area contributed by atoms with Crippen LogP contribution in [-0.4, -0.2) is 35.6 Å². The molecular weight excluding hydrogens is 329 g/mol. The molecule has 128 valence electrons. The fourth-order valence-corrected chi connectivity index (χ4v) is 1.82. The van der Waals surface area contributed by atoms with E-state index in [1.54, 1.807) is 0 Å². The van der Waals surface area contributed by atoms with E-state index in [0.717, 1.165) is 6.07 Å². The Morgan fingerprint density at radius 1 is 1.08 bits per heavy atom. The van der Waals surface area contributed by atoms with Crippen molar-refractivity contribution < 1.29 is 23.9 Å². The number of carboxylic acid groups (broad SMARTS) is 1. The lowest BCUT2D eigenvalue weighted by molar-refractivity contribution is -0.120. The van der Waals surface area contributed by atoms with Crippen LogP contribution in [0.25, 0.3) is 0 Å². The average Bonchev–Trinajstić information content (AvgIpc) is 2.60. The largest absolute Gasteiger partial charge is 0.478 e. The Kier molecular flexibility index (Phi) is 5.94. The van der Waals surface area contributed by atoms with Crippen LogP contribution in [0.3, 0.4) is 0 Å². The van der Waals surface area contributed by atoms with Crippen LogP contribution in [0.5, 0.6) is 0 Å². The summed E-state index contributed by atoms with van der Waals surface area (Å²) in [6, 6.07) is 11.0. The highest BCUT2D eigenvalue weighted by Crippen LogP contribution is 2.03. The van der Waals surface area contributed by atoms with Crippen molar-refractivity contribution in [3.8, 4) is 0 Å². The number of carbonyl (C=O) groups excluding carboxylic acids is 2. The standard InChI is InChI=1S/C17H14FN3O4/c18-14-3-1-2-13(8-14)16(23)19-10-15(22)21-20-9-11-4-6-12(7-5-11)17(24)25/h1-9H,10H2,(H,19,23)(H,21,22)(H,24,25)/b20-9+. The first-order valence-electron chi connectivity index (χ1n) is 7.15. The third-order valence-corrected chi connectivity index (χ3v) is 3.06. The van der Waals surface area contributed by atoms with Crippen LogP contribution in [-0.2, 0) is 4.79 Å². The number of amides is 2. The third kappa shape index (κ3) is 5.54. The van der Waals surface area contributed by atoms with Crippen molar-refractivity contribution in [2.24, 2.45) is 5.10 Å². The van der Waals surface area contributed by atoms with Gasteiger partial charge in [-0.1, -0.05) is 18.2 Å². The first-order valence-corrected chi connectivity index (χ1v) is 7.15. The second kappa shape index (κ2) is 8.34. The van der Waals surface area contributed by atoms with E-state index >= 15 is 0 Å². The number of aromatic carboxylic acids is 1. The molecule has 0 spiro atoms. The monoisotopic (exact) mass is 343 g/mol. The smallest absolute Gasteiger partial charge is 0.335 e. The number of carbonyl (C=O) groups is 3. The van der Waals surface area contributed by atoms with Gasteiger partial charge in [0.15, 0.2) is 0 Å². The lowest BCUT2D eigenvalue weighted by Gasteiger charge is -2.04. The number of halogens is 1. The minimum Gasteiger partial charge on any atom is -0.478 e. The summed E-state index contributed by atoms with van der Waals surface area (Å²) in [6.45, 7) is -0.329. The van der Waals surface area contributed by atoms with Gasteiger partial charge in [-0.15, -0.1) is 0 Å². The fraction of sp³-hybridized carbons (Fsp3) is 0.0588. The van der Waals surface area contributed by atoms with Crippen LogP contribution in [0.1, 0.15) is 26.3 Å². The first-order chi connectivity index (χ1) is 12.0. The van der Waals surface area contributed by atoms with Crippen LogP contribution in [0, 0.1) is 5.82 Å². The van der Waals surface area contributed by atoms with Gasteiger partial charge in [0.25, 0.3) is 11.8 Å². The van der Waals surface area contributed by atoms with Crippen molar-refractivity contribution in [1.82, 2.24) is 10.7 Å². The van der Waals surface area contributed by atoms with Crippen molar-refractivity contribution in [3.05, 3.63) is 71.0 Å². The van der Waals surface area contributed by atoms with E-state index in [9.17, 15) is 18.8 Å². The van der Waals surface area contributed by atoms with E-state index in [-0.39, 0.29) is 17.7 Å². The van der Waals surface area contributed by atoms with Gasteiger partial charge in [0.2, 0.25) is 0 Å². The zero-order valence-electron chi connectivity index (χ0n) is 12.9. The van der Waals surface area contributed by atoms with Crippen LogP contribution >= 0.6 is 0 Å². The number of nitrogens with one attached hydrogen (secondary N) is 2. The Morgan fingerprint density at radius 2 is 1.80 bits per heavy atom. The van der Waals surface area contributed by atoms with Gasteiger partial charge in [0.1, 0.15) is 5.82 Å². The lowest BCUT2D eigenvalue weighted by Crippen LogP contribution is -2.34. The minimum absolute atomic E-state index is 0.106. The summed E-state index contributed by atoms with van der Waals surface area (Å²) in [4.78, 5) is 34.0. The van der Waals surface area contributed by atoms with Crippen molar-refractivity contribution in [2.45, 2.75) is 0 Å². The molecule has 0 bridgehead atoms. The van der Waals surface area contributed by atoms with Gasteiger partial charge in [-0.3, -0.25) is 9.59 Å². The minimum atomic E-state index is -1.04. The molecule has 0 aliphatic rings. The number of hydrazone groups is 1. The second-order valence-electron chi connectivity index (χ2n) is 4.91. The van der Waals surface area contributed by atoms with E-state index in [4.69, 9.17) is 5.11 Å². The molecule has 0 atom stereocenters. The maximum absolute atomic E-state index is 13.0. The zero-order valence-corrected chi connectivity index (χ0v) is 12.9. The summed E-state index contributed by atoms with van der Waals surface area (Å²) in [5, 5.41) is 14.8. The number of hydrogen-bond acceptors (Lipinski definition) is 4. The summed E-state index contributed by atoms with van der Waals surface area (Å²) in [6.07, 6.45) is 1.33. The molecule has 0 heterocycles. The molecule has 0 aromatic heterocycles. The van der Waals surface area contributed by atoms with Crippen molar-refractivity contribution in [1.29, 1.82) is 0 Å². The van der Waals surface area contributed by atoms with E-state index in [0.29, 0.717) is 5.56 Å². The van der Waals surface area contributed by atoms with Gasteiger partial charge in [0.05, 0.1) is 18.3 Å². The van der Waals surface area contributed by atoms with Gasteiger partial charge in [0, 0.05) is 5.56 Å². The van der Waals surface area contributed by atoms with Crippen LogP contribution in [0.15, 0.2) is 53.6 Å². The molecule has 8 heteroatoms. The summed E-state index contributed by atoms with van der Waals surface area (Å²) >= 11 is 0. The molecule has 0 saturated carbocycles. The SMILES string of the molecule is O=C(CNC(=O)c1cccc(F)c1)N/N=C/c1ccc(C(=O)O)cc1. The molecule has 2 amide bonds. The summed E-state index contributed by atoms with van der Waals surface area (Å²) in [7, 11) is 0. The van der Waals surface area contributed by atoms with Gasteiger partial charge in [-0.2, -0.15) is 5.10 Å². The Hall–Kier alpha value is -3.55. The predicted molar refractivity (Wildman–Crippen MR) is 87.9 cm³/mol. The molecule has 25 heavy (non-hydrogen) atoms. The van der Waals surface area contributed by atoms with E-state index < -0.39 is 23.6 Å². The van der Waals surface area contributed by atoms with Crippen LogP contribution in [0.4, 0.5) is 4.39 Å². The fourth-order valence-electron chi connectivity index (χ4n) is 1.82. The number of benzene rings is 2. The highest BCUT2D eigenvalue weighted by Gasteiger charge is 2.08. The maximum Gasteiger partial charge on any atom is 0.335 e. The summed E-state index contributed by atoms with van der Waals surface area (Å²) < 4.78 is 13.0. The topological polar surface area (TPSA) is 108 Å².